The number of halogens is 1. The second-order valence-electron chi connectivity index (χ2n) is 6.46. The molecule has 0 saturated carbocycles. The number of likely N-dealkylation sites (tertiary alicyclic amines) is 1. The minimum atomic E-state index is -0.144. The molecule has 1 amide bonds. The molecule has 8 heteroatoms. The van der Waals surface area contributed by atoms with Crippen molar-refractivity contribution >= 4 is 34.8 Å². The van der Waals surface area contributed by atoms with Crippen LogP contribution in [0, 0.1) is 6.92 Å². The third kappa shape index (κ3) is 3.40. The summed E-state index contributed by atoms with van der Waals surface area (Å²) in [5.41, 5.74) is 10.9. The van der Waals surface area contributed by atoms with Gasteiger partial charge in [0.15, 0.2) is 0 Å². The lowest BCUT2D eigenvalue weighted by atomic mass is 10.00. The predicted molar refractivity (Wildman–Crippen MR) is 107 cm³/mol. The molecule has 1 saturated heterocycles. The Morgan fingerprint density at radius 3 is 2.78 bits per heavy atom. The number of rotatable bonds is 3. The fraction of sp³-hybridized carbons (Fsp3) is 0.263. The van der Waals surface area contributed by atoms with Gasteiger partial charge in [-0.15, -0.1) is 11.3 Å². The van der Waals surface area contributed by atoms with E-state index in [1.165, 1.54) is 11.3 Å². The largest absolute Gasteiger partial charge is 0.368 e. The van der Waals surface area contributed by atoms with Gasteiger partial charge in [-0.25, -0.2) is 15.0 Å². The summed E-state index contributed by atoms with van der Waals surface area (Å²) in [5, 5.41) is 0.662. The Morgan fingerprint density at radius 1 is 1.30 bits per heavy atom. The molecule has 0 radical (unpaired) electrons. The molecule has 0 spiro atoms. The van der Waals surface area contributed by atoms with Crippen LogP contribution in [0.4, 0.5) is 5.95 Å². The van der Waals surface area contributed by atoms with Gasteiger partial charge < -0.3 is 10.6 Å². The lowest BCUT2D eigenvalue weighted by Crippen LogP contribution is -2.31. The van der Waals surface area contributed by atoms with Crippen LogP contribution in [-0.2, 0) is 0 Å². The molecule has 6 nitrogen and oxygen atoms in total. The fourth-order valence-electron chi connectivity index (χ4n) is 3.45. The van der Waals surface area contributed by atoms with Gasteiger partial charge in [0.1, 0.15) is 4.88 Å². The first kappa shape index (κ1) is 17.9. The number of anilines is 1. The summed E-state index contributed by atoms with van der Waals surface area (Å²) in [6, 6.07) is 7.37. The van der Waals surface area contributed by atoms with Gasteiger partial charge in [0.05, 0.1) is 22.9 Å². The number of aryl methyl sites for hydroxylation is 1. The Balaban J connectivity index is 1.75. The van der Waals surface area contributed by atoms with Gasteiger partial charge in [-0.1, -0.05) is 23.7 Å². The number of thiazole rings is 1. The summed E-state index contributed by atoms with van der Waals surface area (Å²) < 4.78 is 0. The quantitative estimate of drug-likeness (QED) is 0.715. The molecule has 1 aliphatic rings. The highest BCUT2D eigenvalue weighted by Gasteiger charge is 2.34. The average Bonchev–Trinajstić information content (AvgIpc) is 3.31. The zero-order chi connectivity index (χ0) is 19.0. The van der Waals surface area contributed by atoms with Crippen molar-refractivity contribution in [2.45, 2.75) is 25.8 Å². The molecular weight excluding hydrogens is 382 g/mol. The minimum absolute atomic E-state index is 0.00302. The van der Waals surface area contributed by atoms with E-state index in [0.29, 0.717) is 16.4 Å². The van der Waals surface area contributed by atoms with Gasteiger partial charge in [-0.3, -0.25) is 4.79 Å². The molecule has 3 heterocycles. The SMILES string of the molecule is Cc1ncsc1C(=O)N1CCC[C@H]1c1nc(N)ncc1-c1ccc(Cl)cc1. The number of carbonyl (C=O) groups excluding carboxylic acids is 1. The van der Waals surface area contributed by atoms with E-state index in [0.717, 1.165) is 35.4 Å². The molecule has 1 aliphatic heterocycles. The first-order valence-corrected chi connectivity index (χ1v) is 9.90. The maximum Gasteiger partial charge on any atom is 0.266 e. The van der Waals surface area contributed by atoms with Crippen molar-refractivity contribution < 1.29 is 4.79 Å². The van der Waals surface area contributed by atoms with E-state index >= 15 is 0 Å². The number of nitrogen functional groups attached to an aromatic ring is 1. The standard InChI is InChI=1S/C19H18ClN5OS/c1-11-17(27-10-23-11)18(26)25-8-2-3-15(25)16-14(9-22-19(21)24-16)12-4-6-13(20)7-5-12/h4-7,9-10,15H,2-3,8H2,1H3,(H2,21,22,24)/t15-/m0/s1. The van der Waals surface area contributed by atoms with Crippen LogP contribution in [0.2, 0.25) is 5.02 Å². The van der Waals surface area contributed by atoms with Crippen LogP contribution < -0.4 is 5.73 Å². The number of hydrogen-bond donors (Lipinski definition) is 1. The normalized spacial score (nSPS) is 16.7. The van der Waals surface area contributed by atoms with Crippen LogP contribution in [0.1, 0.15) is 39.9 Å². The molecule has 3 aromatic rings. The lowest BCUT2D eigenvalue weighted by Gasteiger charge is -2.25. The first-order valence-electron chi connectivity index (χ1n) is 8.64. The molecule has 27 heavy (non-hydrogen) atoms. The van der Waals surface area contributed by atoms with Crippen LogP contribution in [0.15, 0.2) is 36.0 Å². The zero-order valence-corrected chi connectivity index (χ0v) is 16.3. The first-order chi connectivity index (χ1) is 13.0. The van der Waals surface area contributed by atoms with Crippen LogP contribution in [-0.4, -0.2) is 32.3 Å². The van der Waals surface area contributed by atoms with Crippen molar-refractivity contribution in [3.8, 4) is 11.1 Å². The topological polar surface area (TPSA) is 85.0 Å². The van der Waals surface area contributed by atoms with Crippen LogP contribution in [0.5, 0.6) is 0 Å². The summed E-state index contributed by atoms with van der Waals surface area (Å²) in [6.07, 6.45) is 3.47. The Kier molecular flexibility index (Phi) is 4.80. The summed E-state index contributed by atoms with van der Waals surface area (Å²) in [4.78, 5) is 28.5. The number of nitrogens with zero attached hydrogens (tertiary/aromatic N) is 4. The van der Waals surface area contributed by atoms with E-state index in [9.17, 15) is 4.79 Å². The number of benzene rings is 1. The Labute approximate surface area is 166 Å². The highest BCUT2D eigenvalue weighted by atomic mass is 35.5. The van der Waals surface area contributed by atoms with Crippen LogP contribution >= 0.6 is 22.9 Å². The van der Waals surface area contributed by atoms with Gasteiger partial charge in [0.25, 0.3) is 5.91 Å². The summed E-state index contributed by atoms with van der Waals surface area (Å²) in [7, 11) is 0. The van der Waals surface area contributed by atoms with Crippen molar-refractivity contribution in [2.24, 2.45) is 0 Å². The highest BCUT2D eigenvalue weighted by Crippen LogP contribution is 2.38. The Hall–Kier alpha value is -2.51. The smallest absolute Gasteiger partial charge is 0.266 e. The van der Waals surface area contributed by atoms with Gasteiger partial charge >= 0.3 is 0 Å². The monoisotopic (exact) mass is 399 g/mol. The zero-order valence-electron chi connectivity index (χ0n) is 14.7. The molecule has 2 N–H and O–H groups in total. The maximum absolute atomic E-state index is 13.1. The predicted octanol–water partition coefficient (Wildman–Crippen LogP) is 4.12. The van der Waals surface area contributed by atoms with E-state index in [-0.39, 0.29) is 17.9 Å². The molecule has 1 fully saturated rings. The number of nitrogens with two attached hydrogens (primary N) is 1. The molecule has 1 aromatic carbocycles. The number of aromatic nitrogens is 3. The Bertz CT molecular complexity index is 988. The second-order valence-corrected chi connectivity index (χ2v) is 7.75. The van der Waals surface area contributed by atoms with E-state index in [1.54, 1.807) is 11.7 Å². The van der Waals surface area contributed by atoms with E-state index in [2.05, 4.69) is 15.0 Å². The molecular formula is C19H18ClN5OS. The van der Waals surface area contributed by atoms with Gasteiger partial charge in [0.2, 0.25) is 5.95 Å². The minimum Gasteiger partial charge on any atom is -0.368 e. The fourth-order valence-corrected chi connectivity index (χ4v) is 4.33. The summed E-state index contributed by atoms with van der Waals surface area (Å²) in [5.74, 6) is 0.202. The third-order valence-corrected chi connectivity index (χ3v) is 5.93. The van der Waals surface area contributed by atoms with Crippen LogP contribution in [0.25, 0.3) is 11.1 Å². The van der Waals surface area contributed by atoms with E-state index in [4.69, 9.17) is 17.3 Å². The number of carbonyl (C=O) groups is 1. The van der Waals surface area contributed by atoms with Crippen molar-refractivity contribution in [1.82, 2.24) is 19.9 Å². The second kappa shape index (κ2) is 7.25. The van der Waals surface area contributed by atoms with Gasteiger partial charge in [0, 0.05) is 23.3 Å². The third-order valence-electron chi connectivity index (χ3n) is 4.76. The van der Waals surface area contributed by atoms with Gasteiger partial charge in [-0.2, -0.15) is 0 Å². The van der Waals surface area contributed by atoms with Crippen molar-refractivity contribution in [1.29, 1.82) is 0 Å². The number of amides is 1. The molecule has 1 atom stereocenters. The summed E-state index contributed by atoms with van der Waals surface area (Å²) in [6.45, 7) is 2.54. The average molecular weight is 400 g/mol. The summed E-state index contributed by atoms with van der Waals surface area (Å²) >= 11 is 7.39. The van der Waals surface area contributed by atoms with Crippen LogP contribution in [0.3, 0.4) is 0 Å². The number of hydrogen-bond acceptors (Lipinski definition) is 6. The molecule has 138 valence electrons. The van der Waals surface area contributed by atoms with E-state index in [1.807, 2.05) is 36.1 Å². The van der Waals surface area contributed by atoms with Crippen molar-refractivity contribution in [3.63, 3.8) is 0 Å². The lowest BCUT2D eigenvalue weighted by molar-refractivity contribution is 0.0737. The molecule has 4 rings (SSSR count). The van der Waals surface area contributed by atoms with Crippen molar-refractivity contribution in [3.05, 3.63) is 57.3 Å². The van der Waals surface area contributed by atoms with E-state index < -0.39 is 0 Å². The molecule has 0 bridgehead atoms. The molecule has 0 aliphatic carbocycles. The Morgan fingerprint density at radius 2 is 2.07 bits per heavy atom. The van der Waals surface area contributed by atoms with Gasteiger partial charge in [-0.05, 0) is 37.5 Å². The molecule has 0 unspecified atom stereocenters. The van der Waals surface area contributed by atoms with Crippen molar-refractivity contribution in [2.75, 3.05) is 12.3 Å². The molecule has 2 aromatic heterocycles. The maximum atomic E-state index is 13.1. The highest BCUT2D eigenvalue weighted by molar-refractivity contribution is 7.11.